The van der Waals surface area contributed by atoms with Gasteiger partial charge in [0.05, 0.1) is 6.04 Å². The smallest absolute Gasteiger partial charge is 0.260 e. The van der Waals surface area contributed by atoms with Crippen LogP contribution in [0.2, 0.25) is 5.02 Å². The lowest BCUT2D eigenvalue weighted by atomic mass is 10.1. The summed E-state index contributed by atoms with van der Waals surface area (Å²) in [7, 11) is 0. The van der Waals surface area contributed by atoms with Gasteiger partial charge in [0.15, 0.2) is 6.61 Å². The van der Waals surface area contributed by atoms with Crippen LogP contribution < -0.4 is 10.1 Å². The van der Waals surface area contributed by atoms with Gasteiger partial charge in [-0.25, -0.2) is 0 Å². The molecule has 1 aliphatic rings. The van der Waals surface area contributed by atoms with E-state index in [4.69, 9.17) is 16.3 Å². The Bertz CT molecular complexity index is 435. The molecular formula is C14H19ClN2O2. The Kier molecular flexibility index (Phi) is 5.05. The van der Waals surface area contributed by atoms with Crippen LogP contribution in [-0.2, 0) is 4.79 Å². The van der Waals surface area contributed by atoms with Crippen LogP contribution in [0.4, 0.5) is 0 Å². The Morgan fingerprint density at radius 1 is 1.53 bits per heavy atom. The zero-order valence-electron chi connectivity index (χ0n) is 11.1. The van der Waals surface area contributed by atoms with Crippen LogP contribution in [0.3, 0.4) is 0 Å². The Morgan fingerprint density at radius 2 is 2.32 bits per heavy atom. The summed E-state index contributed by atoms with van der Waals surface area (Å²) < 4.78 is 5.50. The molecule has 19 heavy (non-hydrogen) atoms. The first kappa shape index (κ1) is 14.2. The fraction of sp³-hybridized carbons (Fsp3) is 0.500. The van der Waals surface area contributed by atoms with Gasteiger partial charge in [0, 0.05) is 24.7 Å². The number of carbonyl (C=O) groups is 1. The van der Waals surface area contributed by atoms with Crippen LogP contribution >= 0.6 is 11.6 Å². The highest BCUT2D eigenvalue weighted by atomic mass is 35.5. The molecule has 5 heteroatoms. The molecule has 1 aromatic carbocycles. The highest BCUT2D eigenvalue weighted by Crippen LogP contribution is 2.17. The summed E-state index contributed by atoms with van der Waals surface area (Å²) in [5.74, 6) is 0.664. The normalized spacial score (nSPS) is 14.8. The van der Waals surface area contributed by atoms with E-state index in [0.717, 1.165) is 26.1 Å². The van der Waals surface area contributed by atoms with Gasteiger partial charge < -0.3 is 15.0 Å². The van der Waals surface area contributed by atoms with E-state index in [1.807, 2.05) is 11.0 Å². The molecular weight excluding hydrogens is 264 g/mol. The SMILES string of the molecule is CCCN(C(=O)COc1cccc(Cl)c1)C1CNC1. The predicted octanol–water partition coefficient (Wildman–Crippen LogP) is 1.93. The molecule has 1 amide bonds. The molecule has 104 valence electrons. The molecule has 0 saturated carbocycles. The minimum absolute atomic E-state index is 0.0355. The van der Waals surface area contributed by atoms with Crippen LogP contribution in [0.1, 0.15) is 13.3 Å². The average Bonchev–Trinajstić information content (AvgIpc) is 2.33. The molecule has 0 bridgehead atoms. The third kappa shape index (κ3) is 3.85. The number of hydrogen-bond donors (Lipinski definition) is 1. The quantitative estimate of drug-likeness (QED) is 0.867. The van der Waals surface area contributed by atoms with E-state index in [9.17, 15) is 4.79 Å². The number of nitrogens with one attached hydrogen (secondary N) is 1. The van der Waals surface area contributed by atoms with Crippen LogP contribution in [0.25, 0.3) is 0 Å². The van der Waals surface area contributed by atoms with Crippen LogP contribution in [0.15, 0.2) is 24.3 Å². The molecule has 1 fully saturated rings. The number of halogens is 1. The molecule has 1 N–H and O–H groups in total. The number of carbonyl (C=O) groups excluding carboxylic acids is 1. The zero-order valence-corrected chi connectivity index (χ0v) is 11.8. The van der Waals surface area contributed by atoms with Gasteiger partial charge in [-0.05, 0) is 24.6 Å². The lowest BCUT2D eigenvalue weighted by Crippen LogP contribution is -2.59. The van der Waals surface area contributed by atoms with Gasteiger partial charge in [-0.1, -0.05) is 24.6 Å². The van der Waals surface area contributed by atoms with Gasteiger partial charge in [-0.3, -0.25) is 4.79 Å². The highest BCUT2D eigenvalue weighted by molar-refractivity contribution is 6.30. The van der Waals surface area contributed by atoms with Gasteiger partial charge in [-0.2, -0.15) is 0 Å². The molecule has 0 radical (unpaired) electrons. The molecule has 0 unspecified atom stereocenters. The second-order valence-corrected chi connectivity index (χ2v) is 5.08. The Balaban J connectivity index is 1.88. The van der Waals surface area contributed by atoms with Crippen molar-refractivity contribution < 1.29 is 9.53 Å². The second kappa shape index (κ2) is 6.78. The molecule has 4 nitrogen and oxygen atoms in total. The Labute approximate surface area is 118 Å². The van der Waals surface area contributed by atoms with Crippen molar-refractivity contribution >= 4 is 17.5 Å². The molecule has 0 aromatic heterocycles. The van der Waals surface area contributed by atoms with Crippen molar-refractivity contribution in [3.05, 3.63) is 29.3 Å². The van der Waals surface area contributed by atoms with E-state index in [-0.39, 0.29) is 12.5 Å². The number of hydrogen-bond acceptors (Lipinski definition) is 3. The first-order valence-electron chi connectivity index (χ1n) is 6.59. The topological polar surface area (TPSA) is 41.6 Å². The van der Waals surface area contributed by atoms with Gasteiger partial charge >= 0.3 is 0 Å². The fourth-order valence-corrected chi connectivity index (χ4v) is 2.21. The number of rotatable bonds is 6. The van der Waals surface area contributed by atoms with Gasteiger partial charge in [0.1, 0.15) is 5.75 Å². The molecule has 1 aliphatic heterocycles. The van der Waals surface area contributed by atoms with Crippen molar-refractivity contribution in [2.75, 3.05) is 26.2 Å². The molecule has 1 aromatic rings. The lowest BCUT2D eigenvalue weighted by Gasteiger charge is -2.38. The lowest BCUT2D eigenvalue weighted by molar-refractivity contribution is -0.136. The van der Waals surface area contributed by atoms with E-state index in [1.54, 1.807) is 18.2 Å². The third-order valence-electron chi connectivity index (χ3n) is 3.14. The van der Waals surface area contributed by atoms with Crippen molar-refractivity contribution in [1.82, 2.24) is 10.2 Å². The molecule has 0 atom stereocenters. The van der Waals surface area contributed by atoms with Crippen molar-refractivity contribution in [3.63, 3.8) is 0 Å². The number of nitrogens with zero attached hydrogens (tertiary/aromatic N) is 1. The minimum atomic E-state index is 0.0355. The highest BCUT2D eigenvalue weighted by Gasteiger charge is 2.27. The Morgan fingerprint density at radius 3 is 2.89 bits per heavy atom. The minimum Gasteiger partial charge on any atom is -0.484 e. The van der Waals surface area contributed by atoms with Crippen LogP contribution in [0.5, 0.6) is 5.75 Å². The number of amides is 1. The van der Waals surface area contributed by atoms with E-state index in [2.05, 4.69) is 12.2 Å². The monoisotopic (exact) mass is 282 g/mol. The summed E-state index contributed by atoms with van der Waals surface area (Å²) >= 11 is 5.87. The van der Waals surface area contributed by atoms with E-state index in [1.165, 1.54) is 0 Å². The summed E-state index contributed by atoms with van der Waals surface area (Å²) in [6.45, 7) is 4.68. The van der Waals surface area contributed by atoms with E-state index >= 15 is 0 Å². The first-order valence-corrected chi connectivity index (χ1v) is 6.97. The largest absolute Gasteiger partial charge is 0.484 e. The van der Waals surface area contributed by atoms with Gasteiger partial charge in [0.25, 0.3) is 5.91 Å². The Hall–Kier alpha value is -1.26. The van der Waals surface area contributed by atoms with Crippen molar-refractivity contribution in [3.8, 4) is 5.75 Å². The van der Waals surface area contributed by atoms with Crippen molar-refractivity contribution in [1.29, 1.82) is 0 Å². The second-order valence-electron chi connectivity index (χ2n) is 4.65. The standard InChI is InChI=1S/C14H19ClN2O2/c1-2-6-17(12-8-16-9-12)14(18)10-19-13-5-3-4-11(15)7-13/h3-5,7,12,16H,2,6,8-10H2,1H3. The summed E-state index contributed by atoms with van der Waals surface area (Å²) in [4.78, 5) is 14.1. The summed E-state index contributed by atoms with van der Waals surface area (Å²) in [6.07, 6.45) is 0.958. The summed E-state index contributed by atoms with van der Waals surface area (Å²) in [6, 6.07) is 7.41. The molecule has 0 aliphatic carbocycles. The molecule has 1 heterocycles. The number of ether oxygens (including phenoxy) is 1. The summed E-state index contributed by atoms with van der Waals surface area (Å²) in [5.41, 5.74) is 0. The van der Waals surface area contributed by atoms with Crippen LogP contribution in [0, 0.1) is 0 Å². The van der Waals surface area contributed by atoms with Crippen LogP contribution in [-0.4, -0.2) is 43.1 Å². The molecule has 1 saturated heterocycles. The maximum Gasteiger partial charge on any atom is 0.260 e. The van der Waals surface area contributed by atoms with Crippen molar-refractivity contribution in [2.45, 2.75) is 19.4 Å². The third-order valence-corrected chi connectivity index (χ3v) is 3.38. The number of benzene rings is 1. The maximum absolute atomic E-state index is 12.2. The van der Waals surface area contributed by atoms with E-state index in [0.29, 0.717) is 16.8 Å². The maximum atomic E-state index is 12.2. The van der Waals surface area contributed by atoms with Gasteiger partial charge in [-0.15, -0.1) is 0 Å². The fourth-order valence-electron chi connectivity index (χ4n) is 2.03. The van der Waals surface area contributed by atoms with E-state index < -0.39 is 0 Å². The molecule has 0 spiro atoms. The summed E-state index contributed by atoms with van der Waals surface area (Å²) in [5, 5.41) is 3.79. The first-order chi connectivity index (χ1) is 9.20. The molecule has 2 rings (SSSR count). The zero-order chi connectivity index (χ0) is 13.7. The predicted molar refractivity (Wildman–Crippen MR) is 75.6 cm³/mol. The average molecular weight is 283 g/mol. The van der Waals surface area contributed by atoms with Crippen molar-refractivity contribution in [2.24, 2.45) is 0 Å². The van der Waals surface area contributed by atoms with Gasteiger partial charge in [0.2, 0.25) is 0 Å².